The van der Waals surface area contributed by atoms with Gasteiger partial charge in [0.15, 0.2) is 0 Å². The van der Waals surface area contributed by atoms with E-state index < -0.39 is 23.7 Å². The van der Waals surface area contributed by atoms with Crippen molar-refractivity contribution in [3.8, 4) is 0 Å². The molecule has 2 aliphatic heterocycles. The highest BCUT2D eigenvalue weighted by molar-refractivity contribution is 6.06. The number of hydrogen-bond donors (Lipinski definition) is 2. The highest BCUT2D eigenvalue weighted by atomic mass is 19.1. The van der Waals surface area contributed by atoms with E-state index in [0.717, 1.165) is 11.3 Å². The molecule has 1 saturated heterocycles. The Hall–Kier alpha value is -3.22. The molecule has 0 saturated carbocycles. The minimum absolute atomic E-state index is 0.0182. The van der Waals surface area contributed by atoms with Crippen LogP contribution in [0.5, 0.6) is 0 Å². The number of anilines is 1. The molecule has 2 N–H and O–H groups in total. The lowest BCUT2D eigenvalue weighted by atomic mass is 10.0. The molecule has 2 heterocycles. The van der Waals surface area contributed by atoms with Crippen LogP contribution in [0.2, 0.25) is 0 Å². The van der Waals surface area contributed by atoms with E-state index in [9.17, 15) is 18.8 Å². The molecule has 6 nitrogen and oxygen atoms in total. The molecule has 1 fully saturated rings. The third-order valence-electron chi connectivity index (χ3n) is 5.10. The van der Waals surface area contributed by atoms with E-state index in [1.54, 1.807) is 31.2 Å². The van der Waals surface area contributed by atoms with Crippen LogP contribution in [-0.2, 0) is 22.7 Å². The molecular weight excluding hydrogens is 361 g/mol. The first kappa shape index (κ1) is 16.9. The summed E-state index contributed by atoms with van der Waals surface area (Å²) in [5.74, 6) is -1.87. The number of halogens is 1. The predicted molar refractivity (Wildman–Crippen MR) is 101 cm³/mol. The Bertz CT molecular complexity index is 1040. The second-order valence-electron chi connectivity index (χ2n) is 6.98. The van der Waals surface area contributed by atoms with E-state index in [-0.39, 0.29) is 25.2 Å². The van der Waals surface area contributed by atoms with Gasteiger partial charge in [-0.1, -0.05) is 18.2 Å². The monoisotopic (exact) mass is 382 g/mol. The fraction of sp³-hybridized carbons (Fsp3) is 0.286. The van der Waals surface area contributed by atoms with E-state index in [4.69, 9.17) is 1.37 Å². The smallest absolute Gasteiger partial charge is 0.255 e. The molecule has 28 heavy (non-hydrogen) atoms. The number of amides is 3. The molecule has 0 unspecified atom stereocenters. The molecule has 7 heteroatoms. The fourth-order valence-corrected chi connectivity index (χ4v) is 3.59. The van der Waals surface area contributed by atoms with Crippen LogP contribution in [0.1, 0.15) is 41.3 Å². The van der Waals surface area contributed by atoms with Crippen LogP contribution >= 0.6 is 0 Å². The minimum atomic E-state index is -1.81. The predicted octanol–water partition coefficient (Wildman–Crippen LogP) is 2.51. The standard InChI is InChI=1S/C21H20FN3O3/c1-12-9-13(5-6-16(12)22)10-23-17-4-2-3-14-15(17)11-25(21(14)28)18-7-8-19(26)24-20(18)27/h2-6,9,18,23H,7-8,10-11H2,1H3,(H,24,26,27)/t18-/m0/s1/i18D. The van der Waals surface area contributed by atoms with Crippen molar-refractivity contribution in [1.82, 2.24) is 10.2 Å². The molecule has 144 valence electrons. The zero-order valence-corrected chi connectivity index (χ0v) is 15.3. The van der Waals surface area contributed by atoms with E-state index >= 15 is 0 Å². The SMILES string of the molecule is [2H][C@]1(N2Cc3c(NCc4ccc(F)c(C)c4)cccc3C2=O)CCC(=O)NC1=O. The van der Waals surface area contributed by atoms with Crippen molar-refractivity contribution in [1.29, 1.82) is 0 Å². The lowest BCUT2D eigenvalue weighted by molar-refractivity contribution is -0.136. The molecule has 0 aromatic heterocycles. The molecule has 2 aromatic rings. The summed E-state index contributed by atoms with van der Waals surface area (Å²) in [6.07, 6.45) is -0.0145. The van der Waals surface area contributed by atoms with Crippen LogP contribution in [0.4, 0.5) is 10.1 Å². The lowest BCUT2D eigenvalue weighted by Crippen LogP contribution is -2.52. The largest absolute Gasteiger partial charge is 0.381 e. The number of carbonyl (C=O) groups excluding carboxylic acids is 3. The van der Waals surface area contributed by atoms with Crippen LogP contribution in [0.3, 0.4) is 0 Å². The summed E-state index contributed by atoms with van der Waals surface area (Å²) in [5, 5.41) is 5.43. The average Bonchev–Trinajstić information content (AvgIpc) is 3.04. The summed E-state index contributed by atoms with van der Waals surface area (Å²) in [4.78, 5) is 37.9. The Morgan fingerprint density at radius 1 is 1.29 bits per heavy atom. The number of aryl methyl sites for hydroxylation is 1. The van der Waals surface area contributed by atoms with E-state index in [2.05, 4.69) is 10.6 Å². The van der Waals surface area contributed by atoms with E-state index in [1.807, 2.05) is 6.07 Å². The van der Waals surface area contributed by atoms with Gasteiger partial charge in [0, 0.05) is 36.3 Å². The van der Waals surface area contributed by atoms with Gasteiger partial charge < -0.3 is 10.2 Å². The lowest BCUT2D eigenvalue weighted by Gasteiger charge is -2.29. The van der Waals surface area contributed by atoms with Gasteiger partial charge in [-0.05, 0) is 42.7 Å². The molecule has 1 atom stereocenters. The molecule has 2 aliphatic rings. The van der Waals surface area contributed by atoms with Gasteiger partial charge >= 0.3 is 0 Å². The van der Waals surface area contributed by atoms with Gasteiger partial charge in [-0.3, -0.25) is 19.7 Å². The van der Waals surface area contributed by atoms with Gasteiger partial charge in [0.05, 0.1) is 1.37 Å². The summed E-state index contributed by atoms with van der Waals surface area (Å²) >= 11 is 0. The third-order valence-corrected chi connectivity index (χ3v) is 5.10. The molecule has 0 aliphatic carbocycles. The maximum atomic E-state index is 13.5. The van der Waals surface area contributed by atoms with Gasteiger partial charge in [0.25, 0.3) is 5.91 Å². The van der Waals surface area contributed by atoms with Crippen LogP contribution in [0, 0.1) is 12.7 Å². The van der Waals surface area contributed by atoms with Crippen LogP contribution in [0.15, 0.2) is 36.4 Å². The van der Waals surface area contributed by atoms with Gasteiger partial charge in [0.1, 0.15) is 11.8 Å². The molecule has 2 aromatic carbocycles. The Labute approximate surface area is 163 Å². The Kier molecular flexibility index (Phi) is 4.27. The normalized spacial score (nSPS) is 22.0. The highest BCUT2D eigenvalue weighted by Gasteiger charge is 2.39. The highest BCUT2D eigenvalue weighted by Crippen LogP contribution is 2.32. The van der Waals surface area contributed by atoms with Crippen molar-refractivity contribution in [3.05, 3.63) is 64.5 Å². The van der Waals surface area contributed by atoms with E-state index in [0.29, 0.717) is 23.2 Å². The first-order chi connectivity index (χ1) is 13.8. The Morgan fingerprint density at radius 2 is 2.11 bits per heavy atom. The van der Waals surface area contributed by atoms with Crippen molar-refractivity contribution in [2.75, 3.05) is 5.32 Å². The molecule has 0 bridgehead atoms. The van der Waals surface area contributed by atoms with Crippen molar-refractivity contribution < 1.29 is 20.1 Å². The molecule has 4 rings (SSSR count). The van der Waals surface area contributed by atoms with Crippen LogP contribution in [-0.4, -0.2) is 28.6 Å². The number of piperidine rings is 1. The number of carbonyl (C=O) groups is 3. The van der Waals surface area contributed by atoms with Gasteiger partial charge in [-0.15, -0.1) is 0 Å². The Balaban J connectivity index is 1.57. The number of hydrogen-bond acceptors (Lipinski definition) is 4. The zero-order valence-electron chi connectivity index (χ0n) is 16.3. The summed E-state index contributed by atoms with van der Waals surface area (Å²) in [6.45, 7) is 2.24. The maximum absolute atomic E-state index is 13.5. The summed E-state index contributed by atoms with van der Waals surface area (Å²) in [6, 6.07) is 8.28. The fourth-order valence-electron chi connectivity index (χ4n) is 3.59. The number of rotatable bonds is 4. The molecule has 0 spiro atoms. The van der Waals surface area contributed by atoms with Gasteiger partial charge in [-0.25, -0.2) is 4.39 Å². The summed E-state index contributed by atoms with van der Waals surface area (Å²) in [5.41, 5.74) is 3.30. The molecule has 3 amide bonds. The zero-order chi connectivity index (χ0) is 20.8. The quantitative estimate of drug-likeness (QED) is 0.797. The second-order valence-corrected chi connectivity index (χ2v) is 6.98. The number of nitrogens with zero attached hydrogens (tertiary/aromatic N) is 1. The second kappa shape index (κ2) is 7.07. The number of benzene rings is 2. The first-order valence-electron chi connectivity index (χ1n) is 9.56. The summed E-state index contributed by atoms with van der Waals surface area (Å²) < 4.78 is 22.0. The molecular formula is C21H20FN3O3. The summed E-state index contributed by atoms with van der Waals surface area (Å²) in [7, 11) is 0. The first-order valence-corrected chi connectivity index (χ1v) is 9.06. The number of fused-ring (bicyclic) bond motifs is 1. The van der Waals surface area contributed by atoms with Gasteiger partial charge in [0.2, 0.25) is 11.8 Å². The van der Waals surface area contributed by atoms with Crippen molar-refractivity contribution in [2.45, 2.75) is 38.9 Å². The number of imide groups is 1. The average molecular weight is 382 g/mol. The Morgan fingerprint density at radius 3 is 2.86 bits per heavy atom. The van der Waals surface area contributed by atoms with Crippen molar-refractivity contribution in [3.63, 3.8) is 0 Å². The maximum Gasteiger partial charge on any atom is 0.255 e. The van der Waals surface area contributed by atoms with Crippen LogP contribution in [0.25, 0.3) is 0 Å². The topological polar surface area (TPSA) is 78.5 Å². The van der Waals surface area contributed by atoms with Crippen molar-refractivity contribution >= 4 is 23.4 Å². The third kappa shape index (κ3) is 3.24. The molecule has 0 radical (unpaired) electrons. The minimum Gasteiger partial charge on any atom is -0.381 e. The van der Waals surface area contributed by atoms with Gasteiger partial charge in [-0.2, -0.15) is 0 Å². The number of nitrogens with one attached hydrogen (secondary N) is 2. The van der Waals surface area contributed by atoms with E-state index in [1.165, 1.54) is 11.0 Å². The van der Waals surface area contributed by atoms with Crippen LogP contribution < -0.4 is 10.6 Å². The van der Waals surface area contributed by atoms with Crippen molar-refractivity contribution in [2.24, 2.45) is 0 Å².